The van der Waals surface area contributed by atoms with Crippen LogP contribution in [0.5, 0.6) is 0 Å². The molecule has 51 heavy (non-hydrogen) atoms. The molecule has 0 aromatic heterocycles. The molecule has 3 aromatic rings. The van der Waals surface area contributed by atoms with Crippen LogP contribution in [0.2, 0.25) is 0 Å². The lowest BCUT2D eigenvalue weighted by Gasteiger charge is -2.39. The number of hydrogen-bond acceptors (Lipinski definition) is 7. The van der Waals surface area contributed by atoms with Crippen LogP contribution >= 0.6 is 0 Å². The van der Waals surface area contributed by atoms with E-state index in [0.717, 1.165) is 57.6 Å². The maximum Gasteiger partial charge on any atom is 0.251 e. The Balaban J connectivity index is 1.74. The number of carbonyl (C=O) groups is 2. The molecule has 0 bridgehead atoms. The summed E-state index contributed by atoms with van der Waals surface area (Å²) in [7, 11) is 0. The molecule has 264 valence electrons. The molecule has 1 saturated heterocycles. The van der Waals surface area contributed by atoms with Gasteiger partial charge in [0.2, 0.25) is 5.91 Å². The van der Waals surface area contributed by atoms with Crippen LogP contribution < -0.4 is 16.0 Å². The number of likely N-dealkylation sites (tertiary alicyclic amines) is 1. The highest BCUT2D eigenvalue weighted by atomic mass is 16.2. The number of hydrogen-bond donors (Lipinski definition) is 4. The minimum Gasteiger partial charge on any atom is -0.385 e. The van der Waals surface area contributed by atoms with Crippen LogP contribution in [0.4, 0.5) is 0 Å². The van der Waals surface area contributed by atoms with Gasteiger partial charge in [-0.2, -0.15) is 10.8 Å². The second-order valence-corrected chi connectivity index (χ2v) is 13.1. The molecule has 0 saturated carbocycles. The first-order valence-electron chi connectivity index (χ1n) is 17.6. The van der Waals surface area contributed by atoms with E-state index in [1.54, 1.807) is 4.90 Å². The van der Waals surface area contributed by atoms with Crippen LogP contribution in [0.3, 0.4) is 0 Å². The molecule has 0 radical (unpaired) electrons. The fourth-order valence-corrected chi connectivity index (χ4v) is 7.53. The van der Waals surface area contributed by atoms with Crippen molar-refractivity contribution in [3.63, 3.8) is 0 Å². The molecule has 1 fully saturated rings. The number of nitrogens with one attached hydrogen (secondary N) is 4. The number of rotatable bonds is 13. The SMILES string of the molecule is C=N/C(=N\N=N)C1(C[C@@H](NCC(=O)N2CCCC2C#N)c2ccc(C)cc2)c2ccc(C(=C)NCC)cc2CCc2cc(C(=O)NCC)ccc21. The van der Waals surface area contributed by atoms with E-state index in [2.05, 4.69) is 62.8 Å². The first-order chi connectivity index (χ1) is 24.7. The van der Waals surface area contributed by atoms with Crippen molar-refractivity contribution in [2.45, 2.75) is 70.4 Å². The van der Waals surface area contributed by atoms with Crippen molar-refractivity contribution in [3.8, 4) is 6.07 Å². The number of carbonyl (C=O) groups excluding carboxylic acids is 2. The monoisotopic (exact) mass is 685 g/mol. The first kappa shape index (κ1) is 36.8. The van der Waals surface area contributed by atoms with Crippen LogP contribution in [0, 0.1) is 23.8 Å². The van der Waals surface area contributed by atoms with E-state index in [1.165, 1.54) is 0 Å². The molecule has 3 atom stereocenters. The van der Waals surface area contributed by atoms with Crippen molar-refractivity contribution in [2.75, 3.05) is 26.2 Å². The van der Waals surface area contributed by atoms with E-state index in [9.17, 15) is 14.9 Å². The lowest BCUT2D eigenvalue weighted by atomic mass is 9.66. The summed E-state index contributed by atoms with van der Waals surface area (Å²) in [6, 6.07) is 21.5. The molecule has 5 rings (SSSR count). The van der Waals surface area contributed by atoms with Gasteiger partial charge in [-0.1, -0.05) is 59.8 Å². The van der Waals surface area contributed by atoms with Gasteiger partial charge in [-0.3, -0.25) is 9.59 Å². The molecule has 11 heteroatoms. The van der Waals surface area contributed by atoms with Crippen molar-refractivity contribution < 1.29 is 9.59 Å². The lowest BCUT2D eigenvalue weighted by molar-refractivity contribution is -0.130. The molecular formula is C40H47N9O2. The third-order valence-corrected chi connectivity index (χ3v) is 10.0. The van der Waals surface area contributed by atoms with E-state index in [0.29, 0.717) is 44.3 Å². The summed E-state index contributed by atoms with van der Waals surface area (Å²) in [5.41, 5.74) is 14.9. The summed E-state index contributed by atoms with van der Waals surface area (Å²) in [4.78, 5) is 32.8. The number of benzene rings is 3. The lowest BCUT2D eigenvalue weighted by Crippen LogP contribution is -2.45. The van der Waals surface area contributed by atoms with E-state index < -0.39 is 17.5 Å². The number of amides is 2. The zero-order valence-electron chi connectivity index (χ0n) is 29.8. The third kappa shape index (κ3) is 7.66. The second-order valence-electron chi connectivity index (χ2n) is 13.1. The van der Waals surface area contributed by atoms with Crippen molar-refractivity contribution in [1.82, 2.24) is 20.9 Å². The largest absolute Gasteiger partial charge is 0.385 e. The highest BCUT2D eigenvalue weighted by Crippen LogP contribution is 2.47. The highest BCUT2D eigenvalue weighted by Gasteiger charge is 2.46. The summed E-state index contributed by atoms with van der Waals surface area (Å²) in [5, 5.41) is 27.3. The minimum absolute atomic E-state index is 0.0148. The van der Waals surface area contributed by atoms with E-state index in [-0.39, 0.29) is 24.2 Å². The molecule has 2 unspecified atom stereocenters. The number of aliphatic imine (C=N–C) groups is 1. The average molecular weight is 686 g/mol. The maximum absolute atomic E-state index is 13.6. The quantitative estimate of drug-likeness (QED) is 0.0752. The molecule has 1 aliphatic carbocycles. The van der Waals surface area contributed by atoms with Crippen molar-refractivity contribution in [3.05, 3.63) is 112 Å². The van der Waals surface area contributed by atoms with Crippen LogP contribution in [-0.2, 0) is 23.1 Å². The summed E-state index contributed by atoms with van der Waals surface area (Å²) < 4.78 is 0. The normalized spacial score (nSPS) is 18.7. The predicted molar refractivity (Wildman–Crippen MR) is 201 cm³/mol. The smallest absolute Gasteiger partial charge is 0.251 e. The Kier molecular flexibility index (Phi) is 11.9. The predicted octanol–water partition coefficient (Wildman–Crippen LogP) is 5.99. The molecule has 2 amide bonds. The summed E-state index contributed by atoms with van der Waals surface area (Å²) in [6.07, 6.45) is 3.07. The highest BCUT2D eigenvalue weighted by molar-refractivity contribution is 6.01. The van der Waals surface area contributed by atoms with Gasteiger partial charge in [-0.25, -0.2) is 4.99 Å². The molecule has 1 heterocycles. The standard InChI is InChI=1S/C40H47N9O2/c1-6-44-27(4)29-16-18-34-30(21-29)14-15-31-22-32(38(51)45-7-2)17-19-35(31)40(34,39(43-5)47-48-42)23-36(28-12-10-26(3)11-13-28)46-25-37(50)49-20-8-9-33(49)24-41/h10-13,16-19,21-22,33,36,42,44,46H,4-9,14-15,20,23,25H2,1-3H3,(H,45,51)/b47-39-,48-42?/t33?,36-,40?/m1/s1. The Morgan fingerprint density at radius 3 is 2.27 bits per heavy atom. The van der Waals surface area contributed by atoms with Crippen LogP contribution in [-0.4, -0.2) is 61.5 Å². The van der Waals surface area contributed by atoms with Crippen LogP contribution in [0.15, 0.2) is 82.6 Å². The van der Waals surface area contributed by atoms with Gasteiger partial charge in [0.15, 0.2) is 5.84 Å². The maximum atomic E-state index is 13.6. The Bertz CT molecular complexity index is 1810. The summed E-state index contributed by atoms with van der Waals surface area (Å²) in [5.74, 6) is -0.0637. The Morgan fingerprint density at radius 1 is 1.02 bits per heavy atom. The van der Waals surface area contributed by atoms with Crippen molar-refractivity contribution in [1.29, 1.82) is 10.8 Å². The number of nitrogens with zero attached hydrogens (tertiary/aromatic N) is 5. The van der Waals surface area contributed by atoms with Crippen LogP contribution in [0.25, 0.3) is 5.70 Å². The van der Waals surface area contributed by atoms with Gasteiger partial charge in [0.25, 0.3) is 5.91 Å². The number of amidine groups is 1. The molecular weight excluding hydrogens is 639 g/mol. The van der Waals surface area contributed by atoms with Gasteiger partial charge < -0.3 is 20.9 Å². The zero-order chi connectivity index (χ0) is 36.5. The van der Waals surface area contributed by atoms with Crippen LogP contribution in [0.1, 0.15) is 88.5 Å². The first-order valence-corrected chi connectivity index (χ1v) is 17.6. The summed E-state index contributed by atoms with van der Waals surface area (Å²) >= 11 is 0. The fourth-order valence-electron chi connectivity index (χ4n) is 7.53. The Labute approximate surface area is 300 Å². The van der Waals surface area contributed by atoms with Crippen molar-refractivity contribution >= 4 is 30.1 Å². The Hall–Kier alpha value is -5.47. The molecule has 11 nitrogen and oxygen atoms in total. The summed E-state index contributed by atoms with van der Waals surface area (Å²) in [6.45, 7) is 15.9. The number of fused-ring (bicyclic) bond motifs is 2. The fraction of sp³-hybridized carbons (Fsp3) is 0.375. The topological polar surface area (TPSA) is 158 Å². The van der Waals surface area contributed by atoms with E-state index in [4.69, 9.17) is 5.53 Å². The van der Waals surface area contributed by atoms with Gasteiger partial charge in [0.05, 0.1) is 18.0 Å². The van der Waals surface area contributed by atoms with Gasteiger partial charge in [0, 0.05) is 36.9 Å². The Morgan fingerprint density at radius 2 is 1.67 bits per heavy atom. The van der Waals surface area contributed by atoms with E-state index in [1.807, 2.05) is 69.3 Å². The van der Waals surface area contributed by atoms with E-state index >= 15 is 0 Å². The minimum atomic E-state index is -1.11. The molecule has 0 spiro atoms. The second kappa shape index (κ2) is 16.5. The molecule has 2 aliphatic rings. The number of nitriles is 1. The van der Waals surface area contributed by atoms with Gasteiger partial charge >= 0.3 is 0 Å². The van der Waals surface area contributed by atoms with Gasteiger partial charge in [-0.15, -0.1) is 5.10 Å². The molecule has 3 aromatic carbocycles. The molecule has 4 N–H and O–H groups in total. The third-order valence-electron chi connectivity index (χ3n) is 10.0. The number of aryl methyl sites for hydroxylation is 3. The average Bonchev–Trinajstić information content (AvgIpc) is 3.58. The van der Waals surface area contributed by atoms with Gasteiger partial charge in [0.1, 0.15) is 6.04 Å². The van der Waals surface area contributed by atoms with Gasteiger partial charge in [-0.05, 0) is 111 Å². The van der Waals surface area contributed by atoms with Crippen molar-refractivity contribution in [2.24, 2.45) is 15.3 Å². The zero-order valence-corrected chi connectivity index (χ0v) is 29.8. The molecule has 1 aliphatic heterocycles.